The third-order valence-corrected chi connectivity index (χ3v) is 6.26. The highest BCUT2D eigenvalue weighted by Gasteiger charge is 2.24. The minimum Gasteiger partial charge on any atom is -0.454 e. The molecule has 1 aliphatic rings. The van der Waals surface area contributed by atoms with Gasteiger partial charge in [0.2, 0.25) is 0 Å². The molecule has 2 heterocycles. The standard InChI is InChI=1S/C21H21FN2O3S/c1-11-6-7-15-16(8-11)28-21-18(15)20(26)23-19(24-21)12(2)27-17(25)10-13-4-3-5-14(22)9-13/h3-5,9,11-12H,6-8,10H2,1-2H3,(H,23,24,26)/t11-,12+/m1/s1. The van der Waals surface area contributed by atoms with Crippen LogP contribution in [0.25, 0.3) is 10.2 Å². The molecular formula is C21H21FN2O3S. The topological polar surface area (TPSA) is 72.0 Å². The zero-order valence-electron chi connectivity index (χ0n) is 15.8. The fourth-order valence-electron chi connectivity index (χ4n) is 3.67. The number of fused-ring (bicyclic) bond motifs is 3. The van der Waals surface area contributed by atoms with Crippen molar-refractivity contribution in [3.63, 3.8) is 0 Å². The molecule has 5 nitrogen and oxygen atoms in total. The molecule has 0 radical (unpaired) electrons. The van der Waals surface area contributed by atoms with Gasteiger partial charge < -0.3 is 9.72 Å². The molecular weight excluding hydrogens is 379 g/mol. The van der Waals surface area contributed by atoms with Gasteiger partial charge in [0.05, 0.1) is 11.8 Å². The van der Waals surface area contributed by atoms with E-state index in [1.165, 1.54) is 17.0 Å². The first-order chi connectivity index (χ1) is 13.4. The molecule has 146 valence electrons. The summed E-state index contributed by atoms with van der Waals surface area (Å²) >= 11 is 1.56. The van der Waals surface area contributed by atoms with Gasteiger partial charge in [-0.1, -0.05) is 19.1 Å². The Kier molecular flexibility index (Phi) is 5.02. The number of nitrogens with zero attached hydrogens (tertiary/aromatic N) is 1. The van der Waals surface area contributed by atoms with Gasteiger partial charge in [-0.2, -0.15) is 0 Å². The molecule has 28 heavy (non-hydrogen) atoms. The molecule has 1 aromatic carbocycles. The number of carbonyl (C=O) groups excluding carboxylic acids is 1. The van der Waals surface area contributed by atoms with E-state index < -0.39 is 17.9 Å². The lowest BCUT2D eigenvalue weighted by molar-refractivity contribution is -0.148. The van der Waals surface area contributed by atoms with Crippen LogP contribution in [0.15, 0.2) is 29.1 Å². The third-order valence-electron chi connectivity index (χ3n) is 5.11. The normalized spacial score (nSPS) is 17.3. The zero-order valence-corrected chi connectivity index (χ0v) is 16.6. The highest BCUT2D eigenvalue weighted by molar-refractivity contribution is 7.18. The van der Waals surface area contributed by atoms with E-state index in [4.69, 9.17) is 4.74 Å². The molecule has 0 unspecified atom stereocenters. The molecule has 0 bridgehead atoms. The summed E-state index contributed by atoms with van der Waals surface area (Å²) in [7, 11) is 0. The van der Waals surface area contributed by atoms with Crippen molar-refractivity contribution in [2.24, 2.45) is 5.92 Å². The molecule has 1 aliphatic carbocycles. The number of aromatic amines is 1. The number of H-pyrrole nitrogens is 1. The first-order valence-electron chi connectivity index (χ1n) is 9.39. The second-order valence-corrected chi connectivity index (χ2v) is 8.51. The number of thiophene rings is 1. The monoisotopic (exact) mass is 400 g/mol. The summed E-state index contributed by atoms with van der Waals surface area (Å²) in [5, 5.41) is 0.675. The minimum atomic E-state index is -0.698. The Morgan fingerprint density at radius 1 is 1.46 bits per heavy atom. The Labute approximate surface area is 165 Å². The zero-order chi connectivity index (χ0) is 19.8. The van der Waals surface area contributed by atoms with E-state index in [9.17, 15) is 14.0 Å². The van der Waals surface area contributed by atoms with Gasteiger partial charge in [0.1, 0.15) is 10.6 Å². The quantitative estimate of drug-likeness (QED) is 0.670. The van der Waals surface area contributed by atoms with Crippen LogP contribution in [-0.4, -0.2) is 15.9 Å². The smallest absolute Gasteiger partial charge is 0.310 e. The molecule has 2 aromatic heterocycles. The molecule has 3 aromatic rings. The summed E-state index contributed by atoms with van der Waals surface area (Å²) < 4.78 is 18.7. The lowest BCUT2D eigenvalue weighted by Gasteiger charge is -2.17. The van der Waals surface area contributed by atoms with Crippen LogP contribution < -0.4 is 5.56 Å². The summed E-state index contributed by atoms with van der Waals surface area (Å²) in [5.74, 6) is 0.0458. The van der Waals surface area contributed by atoms with E-state index in [2.05, 4.69) is 16.9 Å². The number of halogens is 1. The van der Waals surface area contributed by atoms with Crippen molar-refractivity contribution in [3.05, 3.63) is 62.3 Å². The van der Waals surface area contributed by atoms with E-state index in [0.29, 0.717) is 27.5 Å². The molecule has 0 aliphatic heterocycles. The average Bonchev–Trinajstić information content (AvgIpc) is 2.99. The van der Waals surface area contributed by atoms with Crippen LogP contribution in [0.1, 0.15) is 48.2 Å². The Hall–Kier alpha value is -2.54. The first kappa shape index (κ1) is 18.8. The van der Waals surface area contributed by atoms with Gasteiger partial charge in [0.25, 0.3) is 5.56 Å². The second-order valence-electron chi connectivity index (χ2n) is 7.42. The average molecular weight is 400 g/mol. The van der Waals surface area contributed by atoms with Gasteiger partial charge in [-0.25, -0.2) is 9.37 Å². The highest BCUT2D eigenvalue weighted by atomic mass is 32.1. The molecule has 7 heteroatoms. The van der Waals surface area contributed by atoms with Gasteiger partial charge in [-0.15, -0.1) is 11.3 Å². The van der Waals surface area contributed by atoms with Gasteiger partial charge in [-0.05, 0) is 55.4 Å². The molecule has 0 spiro atoms. The fourth-order valence-corrected chi connectivity index (χ4v) is 5.06. The summed E-state index contributed by atoms with van der Waals surface area (Å²) in [4.78, 5) is 34.1. The molecule has 0 saturated heterocycles. The highest BCUT2D eigenvalue weighted by Crippen LogP contribution is 2.35. The Morgan fingerprint density at radius 3 is 3.07 bits per heavy atom. The Bertz CT molecular complexity index is 1100. The van der Waals surface area contributed by atoms with Crippen LogP contribution in [0.5, 0.6) is 0 Å². The summed E-state index contributed by atoms with van der Waals surface area (Å²) in [6.07, 6.45) is 2.21. The van der Waals surface area contributed by atoms with Crippen LogP contribution in [0, 0.1) is 11.7 Å². The van der Waals surface area contributed by atoms with Crippen LogP contribution >= 0.6 is 11.3 Å². The van der Waals surface area contributed by atoms with Crippen molar-refractivity contribution in [1.82, 2.24) is 9.97 Å². The number of nitrogens with one attached hydrogen (secondary N) is 1. The van der Waals surface area contributed by atoms with Crippen LogP contribution in [0.4, 0.5) is 4.39 Å². The number of aryl methyl sites for hydroxylation is 1. The summed E-state index contributed by atoms with van der Waals surface area (Å²) in [6, 6.07) is 5.84. The summed E-state index contributed by atoms with van der Waals surface area (Å²) in [6.45, 7) is 3.89. The first-order valence-corrected chi connectivity index (χ1v) is 10.2. The van der Waals surface area contributed by atoms with Crippen LogP contribution in [0.2, 0.25) is 0 Å². The number of ether oxygens (including phenoxy) is 1. The molecule has 2 atom stereocenters. The van der Waals surface area contributed by atoms with Gasteiger partial charge >= 0.3 is 5.97 Å². The number of benzene rings is 1. The van der Waals surface area contributed by atoms with Gasteiger partial charge in [-0.3, -0.25) is 9.59 Å². The molecule has 4 rings (SSSR count). The number of aromatic nitrogens is 2. The number of esters is 1. The van der Waals surface area contributed by atoms with Crippen molar-refractivity contribution in [1.29, 1.82) is 0 Å². The number of rotatable bonds is 4. The predicted molar refractivity (Wildman–Crippen MR) is 106 cm³/mol. The molecule has 1 N–H and O–H groups in total. The van der Waals surface area contributed by atoms with E-state index in [0.717, 1.165) is 24.8 Å². The lowest BCUT2D eigenvalue weighted by Crippen LogP contribution is -2.18. The maximum absolute atomic E-state index is 13.3. The van der Waals surface area contributed by atoms with Crippen molar-refractivity contribution < 1.29 is 13.9 Å². The maximum atomic E-state index is 13.3. The second kappa shape index (κ2) is 7.47. The van der Waals surface area contributed by atoms with Crippen molar-refractivity contribution in [2.45, 2.75) is 45.6 Å². The van der Waals surface area contributed by atoms with E-state index in [1.807, 2.05) is 0 Å². The largest absolute Gasteiger partial charge is 0.454 e. The maximum Gasteiger partial charge on any atom is 0.310 e. The number of carbonyl (C=O) groups is 1. The molecule has 0 fully saturated rings. The van der Waals surface area contributed by atoms with Crippen molar-refractivity contribution in [2.75, 3.05) is 0 Å². The number of hydrogen-bond acceptors (Lipinski definition) is 5. The number of hydrogen-bond donors (Lipinski definition) is 1. The van der Waals surface area contributed by atoms with E-state index >= 15 is 0 Å². The lowest BCUT2D eigenvalue weighted by atomic mass is 9.89. The fraction of sp³-hybridized carbons (Fsp3) is 0.381. The Balaban J connectivity index is 1.55. The SMILES string of the molecule is C[C@@H]1CCc2c(sc3nc([C@H](C)OC(=O)Cc4cccc(F)c4)[nH]c(=O)c23)C1. The van der Waals surface area contributed by atoms with Gasteiger partial charge in [0.15, 0.2) is 11.9 Å². The van der Waals surface area contributed by atoms with E-state index in [-0.39, 0.29) is 12.0 Å². The van der Waals surface area contributed by atoms with Crippen molar-refractivity contribution >= 4 is 27.5 Å². The minimum absolute atomic E-state index is 0.0419. The third kappa shape index (κ3) is 3.71. The predicted octanol–water partition coefficient (Wildman–Crippen LogP) is 4.10. The van der Waals surface area contributed by atoms with Gasteiger partial charge in [0, 0.05) is 4.88 Å². The van der Waals surface area contributed by atoms with Crippen LogP contribution in [-0.2, 0) is 28.8 Å². The van der Waals surface area contributed by atoms with Crippen LogP contribution in [0.3, 0.4) is 0 Å². The Morgan fingerprint density at radius 2 is 2.29 bits per heavy atom. The van der Waals surface area contributed by atoms with E-state index in [1.54, 1.807) is 30.4 Å². The molecule has 0 amide bonds. The van der Waals surface area contributed by atoms with Crippen molar-refractivity contribution in [3.8, 4) is 0 Å². The summed E-state index contributed by atoms with van der Waals surface area (Å²) in [5.41, 5.74) is 1.48. The molecule has 0 saturated carbocycles.